The highest BCUT2D eigenvalue weighted by molar-refractivity contribution is 7.99. The molecule has 0 aromatic rings. The third-order valence-electron chi connectivity index (χ3n) is 2.00. The summed E-state index contributed by atoms with van der Waals surface area (Å²) in [5.41, 5.74) is 0. The van der Waals surface area contributed by atoms with Crippen LogP contribution >= 0.6 is 11.8 Å². The van der Waals surface area contributed by atoms with Crippen molar-refractivity contribution < 1.29 is 9.53 Å². The molecular formula is C8H17O2SSi. The van der Waals surface area contributed by atoms with Crippen LogP contribution in [0.1, 0.15) is 12.8 Å². The minimum atomic E-state index is -1.57. The predicted octanol–water partition coefficient (Wildman–Crippen LogP) is 1.68. The van der Waals surface area contributed by atoms with Crippen molar-refractivity contribution in [2.75, 3.05) is 18.1 Å². The SMILES string of the molecule is C[SiH]([O])CCCOC1CCSC1. The molecule has 0 N–H and O–H groups in total. The van der Waals surface area contributed by atoms with E-state index in [1.807, 2.05) is 18.3 Å². The second-order valence-corrected chi connectivity index (χ2v) is 6.66. The zero-order chi connectivity index (χ0) is 8.81. The quantitative estimate of drug-likeness (QED) is 0.505. The average Bonchev–Trinajstić information content (AvgIpc) is 2.49. The van der Waals surface area contributed by atoms with Gasteiger partial charge >= 0.3 is 0 Å². The molecule has 12 heavy (non-hydrogen) atoms. The largest absolute Gasteiger partial charge is 0.377 e. The van der Waals surface area contributed by atoms with Crippen molar-refractivity contribution in [3.05, 3.63) is 0 Å². The summed E-state index contributed by atoms with van der Waals surface area (Å²) < 4.78 is 5.62. The Morgan fingerprint density at radius 2 is 2.50 bits per heavy atom. The van der Waals surface area contributed by atoms with E-state index in [1.165, 1.54) is 12.2 Å². The van der Waals surface area contributed by atoms with Gasteiger partial charge in [0.05, 0.1) is 6.10 Å². The van der Waals surface area contributed by atoms with E-state index in [0.717, 1.165) is 24.8 Å². The summed E-state index contributed by atoms with van der Waals surface area (Å²) in [5.74, 6) is 2.40. The average molecular weight is 205 g/mol. The second-order valence-electron chi connectivity index (χ2n) is 3.31. The summed E-state index contributed by atoms with van der Waals surface area (Å²) in [6.07, 6.45) is 2.67. The fourth-order valence-electron chi connectivity index (χ4n) is 1.27. The summed E-state index contributed by atoms with van der Waals surface area (Å²) in [6.45, 7) is 2.66. The molecule has 1 radical (unpaired) electrons. The first-order valence-electron chi connectivity index (χ1n) is 4.64. The van der Waals surface area contributed by atoms with Gasteiger partial charge in [0.15, 0.2) is 0 Å². The fourth-order valence-corrected chi connectivity index (χ4v) is 3.13. The molecule has 0 aromatic carbocycles. The molecule has 0 spiro atoms. The van der Waals surface area contributed by atoms with Crippen molar-refractivity contribution in [3.8, 4) is 0 Å². The molecule has 0 aliphatic carbocycles. The maximum absolute atomic E-state index is 10.8. The lowest BCUT2D eigenvalue weighted by atomic mass is 10.3. The van der Waals surface area contributed by atoms with Crippen molar-refractivity contribution in [2.45, 2.75) is 31.5 Å². The van der Waals surface area contributed by atoms with Gasteiger partial charge in [-0.1, -0.05) is 0 Å². The van der Waals surface area contributed by atoms with Crippen LogP contribution in [-0.4, -0.2) is 33.3 Å². The third kappa shape index (κ3) is 4.50. The Hall–Kier alpha value is 0.487. The molecular weight excluding hydrogens is 188 g/mol. The summed E-state index contributed by atoms with van der Waals surface area (Å²) in [7, 11) is -1.57. The van der Waals surface area contributed by atoms with Crippen molar-refractivity contribution >= 4 is 20.8 Å². The number of ether oxygens (including phenoxy) is 1. The lowest BCUT2D eigenvalue weighted by Crippen LogP contribution is -2.13. The Balaban J connectivity index is 1.88. The Labute approximate surface area is 80.4 Å². The van der Waals surface area contributed by atoms with Crippen LogP contribution in [-0.2, 0) is 9.53 Å². The molecule has 2 atom stereocenters. The first-order valence-corrected chi connectivity index (χ1v) is 8.24. The predicted molar refractivity (Wildman–Crippen MR) is 54.8 cm³/mol. The second kappa shape index (κ2) is 6.02. The van der Waals surface area contributed by atoms with Crippen molar-refractivity contribution in [1.29, 1.82) is 0 Å². The van der Waals surface area contributed by atoms with Gasteiger partial charge in [-0.05, 0) is 31.2 Å². The fraction of sp³-hybridized carbons (Fsp3) is 1.00. The minimum Gasteiger partial charge on any atom is -0.377 e. The summed E-state index contributed by atoms with van der Waals surface area (Å²) >= 11 is 1.97. The van der Waals surface area contributed by atoms with E-state index >= 15 is 0 Å². The summed E-state index contributed by atoms with van der Waals surface area (Å²) in [5, 5.41) is 0. The molecule has 2 nitrogen and oxygen atoms in total. The topological polar surface area (TPSA) is 29.1 Å². The van der Waals surface area contributed by atoms with E-state index < -0.39 is 9.04 Å². The molecule has 2 unspecified atom stereocenters. The van der Waals surface area contributed by atoms with Crippen LogP contribution in [0.5, 0.6) is 0 Å². The number of hydrogen-bond donors (Lipinski definition) is 0. The number of hydrogen-bond acceptors (Lipinski definition) is 2. The number of rotatable bonds is 5. The zero-order valence-corrected chi connectivity index (χ0v) is 9.59. The minimum absolute atomic E-state index is 0.485. The molecule has 4 heteroatoms. The molecule has 0 bridgehead atoms. The molecule has 1 saturated heterocycles. The van der Waals surface area contributed by atoms with Crippen molar-refractivity contribution in [1.82, 2.24) is 0 Å². The molecule has 1 rings (SSSR count). The van der Waals surface area contributed by atoms with E-state index in [4.69, 9.17) is 4.74 Å². The first-order chi connectivity index (χ1) is 5.79. The molecule has 1 aliphatic rings. The summed E-state index contributed by atoms with van der Waals surface area (Å²) in [4.78, 5) is 10.8. The molecule has 0 saturated carbocycles. The van der Waals surface area contributed by atoms with Crippen LogP contribution in [0.15, 0.2) is 0 Å². The molecule has 0 aromatic heterocycles. The Kier molecular flexibility index (Phi) is 5.30. The molecule has 1 heterocycles. The maximum Gasteiger partial charge on any atom is 0.219 e. The van der Waals surface area contributed by atoms with Gasteiger partial charge in [-0.3, -0.25) is 0 Å². The lowest BCUT2D eigenvalue weighted by molar-refractivity contribution is 0.0714. The van der Waals surface area contributed by atoms with Gasteiger partial charge in [0.1, 0.15) is 0 Å². The van der Waals surface area contributed by atoms with Gasteiger partial charge in [0, 0.05) is 12.4 Å². The summed E-state index contributed by atoms with van der Waals surface area (Å²) in [6, 6.07) is 0.889. The van der Waals surface area contributed by atoms with Gasteiger partial charge < -0.3 is 9.53 Å². The Morgan fingerprint density at radius 1 is 1.67 bits per heavy atom. The number of thioether (sulfide) groups is 1. The normalized spacial score (nSPS) is 26.0. The molecule has 71 valence electrons. The van der Waals surface area contributed by atoms with Crippen LogP contribution in [0.25, 0.3) is 0 Å². The monoisotopic (exact) mass is 205 g/mol. The Bertz CT molecular complexity index is 116. The van der Waals surface area contributed by atoms with Crippen LogP contribution in [0.3, 0.4) is 0 Å². The Morgan fingerprint density at radius 3 is 3.08 bits per heavy atom. The van der Waals surface area contributed by atoms with Crippen LogP contribution < -0.4 is 0 Å². The van der Waals surface area contributed by atoms with Crippen LogP contribution in [0, 0.1) is 0 Å². The highest BCUT2D eigenvalue weighted by Gasteiger charge is 2.15. The van der Waals surface area contributed by atoms with Crippen molar-refractivity contribution in [3.63, 3.8) is 0 Å². The van der Waals surface area contributed by atoms with Crippen LogP contribution in [0.2, 0.25) is 12.6 Å². The van der Waals surface area contributed by atoms with E-state index in [2.05, 4.69) is 0 Å². The molecule has 1 fully saturated rings. The van der Waals surface area contributed by atoms with Crippen LogP contribution in [0.4, 0.5) is 0 Å². The zero-order valence-electron chi connectivity index (χ0n) is 7.62. The van der Waals surface area contributed by atoms with Gasteiger partial charge in [0.25, 0.3) is 0 Å². The molecule has 1 aliphatic heterocycles. The van der Waals surface area contributed by atoms with E-state index in [0.29, 0.717) is 6.10 Å². The smallest absolute Gasteiger partial charge is 0.219 e. The maximum atomic E-state index is 10.8. The van der Waals surface area contributed by atoms with E-state index in [9.17, 15) is 4.80 Å². The third-order valence-corrected chi connectivity index (χ3v) is 4.35. The standard InChI is InChI=1S/C8H17O2SSi/c1-12(9)6-2-4-10-8-3-5-11-7-8/h8,12H,2-7H2,1H3. The highest BCUT2D eigenvalue weighted by Crippen LogP contribution is 2.20. The van der Waals surface area contributed by atoms with Gasteiger partial charge in [-0.2, -0.15) is 11.8 Å². The van der Waals surface area contributed by atoms with Gasteiger partial charge in [-0.25, -0.2) is 0 Å². The highest BCUT2D eigenvalue weighted by atomic mass is 32.2. The van der Waals surface area contributed by atoms with Gasteiger partial charge in [0.2, 0.25) is 9.04 Å². The van der Waals surface area contributed by atoms with Crippen molar-refractivity contribution in [2.24, 2.45) is 0 Å². The lowest BCUT2D eigenvalue weighted by Gasteiger charge is -2.09. The van der Waals surface area contributed by atoms with E-state index in [1.54, 1.807) is 0 Å². The first kappa shape index (κ1) is 10.6. The van der Waals surface area contributed by atoms with E-state index in [-0.39, 0.29) is 0 Å². The van der Waals surface area contributed by atoms with Gasteiger partial charge in [-0.15, -0.1) is 0 Å². The molecule has 0 amide bonds.